The second-order valence-corrected chi connectivity index (χ2v) is 16.8. The van der Waals surface area contributed by atoms with Crippen LogP contribution < -0.4 is 4.74 Å². The first kappa shape index (κ1) is 38.3. The van der Waals surface area contributed by atoms with Crippen LogP contribution in [0.4, 0.5) is 0 Å². The van der Waals surface area contributed by atoms with Crippen LogP contribution >= 0.6 is 0 Å². The average molecular weight is 882 g/mol. The summed E-state index contributed by atoms with van der Waals surface area (Å²) in [7, 11) is 0. The van der Waals surface area contributed by atoms with Gasteiger partial charge >= 0.3 is 21.1 Å². The summed E-state index contributed by atoms with van der Waals surface area (Å²) in [4.78, 5) is 4.89. The Morgan fingerprint density at radius 2 is 1.42 bits per heavy atom. The van der Waals surface area contributed by atoms with Crippen molar-refractivity contribution in [2.45, 2.75) is 98.8 Å². The number of benzene rings is 4. The first-order valence-electron chi connectivity index (χ1n) is 18.5. The molecular formula is C47H50N4OPt. The molecule has 5 nitrogen and oxygen atoms in total. The molecule has 3 aromatic heterocycles. The Morgan fingerprint density at radius 1 is 0.698 bits per heavy atom. The van der Waals surface area contributed by atoms with Gasteiger partial charge in [0.2, 0.25) is 0 Å². The fraction of sp³-hybridized carbons (Fsp3) is 0.319. The predicted molar refractivity (Wildman–Crippen MR) is 216 cm³/mol. The molecule has 0 amide bonds. The van der Waals surface area contributed by atoms with Crippen molar-refractivity contribution in [2.24, 2.45) is 0 Å². The van der Waals surface area contributed by atoms with E-state index in [9.17, 15) is 0 Å². The summed E-state index contributed by atoms with van der Waals surface area (Å²) in [5, 5.41) is 7.43. The van der Waals surface area contributed by atoms with Crippen LogP contribution in [0.2, 0.25) is 0 Å². The van der Waals surface area contributed by atoms with Crippen LogP contribution in [0.1, 0.15) is 109 Å². The normalized spacial score (nSPS) is 12.2. The Hall–Kier alpha value is -4.47. The number of ether oxygens (including phenoxy) is 1. The molecule has 0 atom stereocenters. The molecule has 0 aliphatic rings. The molecule has 7 rings (SSSR count). The van der Waals surface area contributed by atoms with E-state index >= 15 is 0 Å². The Kier molecular flexibility index (Phi) is 10.4. The SMILES string of the molecule is Cc1nn(-c2[c-]c(Oc3[c-]c4c(cc3)c3cc(C(C)C)ccc3n4-c3cc(C(C)(C)C)ccn3)cc(C(C)C)c2)c(C(C)(C)C)c1-c1ccccc1.[Pt+2]. The van der Waals surface area contributed by atoms with Crippen LogP contribution in [-0.2, 0) is 31.9 Å². The van der Waals surface area contributed by atoms with Crippen LogP contribution in [0.15, 0.2) is 91.1 Å². The van der Waals surface area contributed by atoms with Crippen molar-refractivity contribution >= 4 is 21.8 Å². The molecule has 0 aliphatic carbocycles. The van der Waals surface area contributed by atoms with Crippen LogP contribution in [0.25, 0.3) is 44.4 Å². The minimum absolute atomic E-state index is 0. The molecule has 0 aliphatic heterocycles. The first-order chi connectivity index (χ1) is 24.6. The monoisotopic (exact) mass is 881 g/mol. The Morgan fingerprint density at radius 3 is 2.08 bits per heavy atom. The van der Waals surface area contributed by atoms with Crippen LogP contribution in [0.3, 0.4) is 0 Å². The molecule has 6 heteroatoms. The first-order valence-corrected chi connectivity index (χ1v) is 18.5. The zero-order chi connectivity index (χ0) is 37.1. The van der Waals surface area contributed by atoms with Gasteiger partial charge in [-0.3, -0.25) is 4.68 Å². The van der Waals surface area contributed by atoms with E-state index in [4.69, 9.17) is 14.8 Å². The summed E-state index contributed by atoms with van der Waals surface area (Å²) in [6, 6.07) is 37.4. The maximum absolute atomic E-state index is 6.73. The summed E-state index contributed by atoms with van der Waals surface area (Å²) in [5.41, 5.74) is 10.8. The maximum atomic E-state index is 6.73. The van der Waals surface area contributed by atoms with Crippen molar-refractivity contribution in [1.29, 1.82) is 0 Å². The summed E-state index contributed by atoms with van der Waals surface area (Å²) in [6.07, 6.45) is 1.91. The van der Waals surface area contributed by atoms with Crippen molar-refractivity contribution in [1.82, 2.24) is 19.3 Å². The number of aryl methyl sites for hydroxylation is 1. The van der Waals surface area contributed by atoms with E-state index in [1.54, 1.807) is 0 Å². The molecule has 0 unspecified atom stereocenters. The summed E-state index contributed by atoms with van der Waals surface area (Å²) >= 11 is 0. The number of fused-ring (bicyclic) bond motifs is 3. The van der Waals surface area contributed by atoms with Gasteiger partial charge in [0.15, 0.2) is 0 Å². The zero-order valence-electron chi connectivity index (χ0n) is 32.8. The molecule has 0 bridgehead atoms. The second-order valence-electron chi connectivity index (χ2n) is 16.8. The van der Waals surface area contributed by atoms with Crippen LogP contribution in [0.5, 0.6) is 11.5 Å². The number of nitrogens with zero attached hydrogens (tertiary/aromatic N) is 4. The van der Waals surface area contributed by atoms with E-state index in [2.05, 4.69) is 176 Å². The predicted octanol–water partition coefficient (Wildman–Crippen LogP) is 12.6. The van der Waals surface area contributed by atoms with Gasteiger partial charge in [-0.2, -0.15) is 11.2 Å². The molecular weight excluding hydrogens is 832 g/mol. The van der Waals surface area contributed by atoms with Gasteiger partial charge in [0.25, 0.3) is 0 Å². The van der Waals surface area contributed by atoms with Gasteiger partial charge in [0.1, 0.15) is 5.82 Å². The van der Waals surface area contributed by atoms with Crippen molar-refractivity contribution < 1.29 is 25.8 Å². The van der Waals surface area contributed by atoms with Gasteiger partial charge in [0, 0.05) is 34.2 Å². The average Bonchev–Trinajstić information content (AvgIpc) is 3.62. The zero-order valence-corrected chi connectivity index (χ0v) is 35.1. The number of pyridine rings is 1. The van der Waals surface area contributed by atoms with E-state index in [1.165, 1.54) is 16.5 Å². The molecule has 0 spiro atoms. The van der Waals surface area contributed by atoms with Gasteiger partial charge in [-0.1, -0.05) is 117 Å². The third-order valence-electron chi connectivity index (χ3n) is 9.98. The van der Waals surface area contributed by atoms with Crippen molar-refractivity contribution in [2.75, 3.05) is 0 Å². The minimum atomic E-state index is -0.185. The van der Waals surface area contributed by atoms with Gasteiger partial charge in [0.05, 0.1) is 11.4 Å². The van der Waals surface area contributed by atoms with Crippen LogP contribution in [-0.4, -0.2) is 19.3 Å². The number of aromatic nitrogens is 4. The summed E-state index contributed by atoms with van der Waals surface area (Å²) in [5.74, 6) is 2.80. The number of hydrogen-bond donors (Lipinski definition) is 0. The smallest absolute Gasteiger partial charge is 0.509 e. The Balaban J connectivity index is 0.00000481. The Bertz CT molecular complexity index is 2420. The molecule has 274 valence electrons. The largest absolute Gasteiger partial charge is 2.00 e. The third-order valence-corrected chi connectivity index (χ3v) is 9.98. The van der Waals surface area contributed by atoms with E-state index < -0.39 is 0 Å². The molecule has 0 saturated heterocycles. The van der Waals surface area contributed by atoms with Gasteiger partial charge in [-0.15, -0.1) is 41.3 Å². The van der Waals surface area contributed by atoms with Crippen LogP contribution in [0, 0.1) is 19.1 Å². The number of hydrogen-bond acceptors (Lipinski definition) is 3. The van der Waals surface area contributed by atoms with E-state index in [0.717, 1.165) is 56.0 Å². The molecule has 3 heterocycles. The molecule has 0 N–H and O–H groups in total. The fourth-order valence-electron chi connectivity index (χ4n) is 7.12. The van der Waals surface area contributed by atoms with Crippen molar-refractivity contribution in [3.63, 3.8) is 0 Å². The Labute approximate surface area is 329 Å². The fourth-order valence-corrected chi connectivity index (χ4v) is 7.12. The maximum Gasteiger partial charge on any atom is 2.00 e. The van der Waals surface area contributed by atoms with Gasteiger partial charge in [-0.25, -0.2) is 4.98 Å². The third kappa shape index (κ3) is 7.38. The summed E-state index contributed by atoms with van der Waals surface area (Å²) < 4.78 is 11.0. The molecule has 4 aromatic carbocycles. The van der Waals surface area contributed by atoms with Crippen molar-refractivity contribution in [3.8, 4) is 34.1 Å². The summed E-state index contributed by atoms with van der Waals surface area (Å²) in [6.45, 7) is 24.4. The van der Waals surface area contributed by atoms with Gasteiger partial charge < -0.3 is 9.30 Å². The van der Waals surface area contributed by atoms with E-state index in [-0.39, 0.29) is 37.8 Å². The molecule has 53 heavy (non-hydrogen) atoms. The standard InChI is InChI=1S/C47H50N4O.Pt/c1-29(2)33-17-20-41-40(25-33)39-19-18-37(28-42(39)50(41)43-26-35(21-22-48-43)46(6,7)8)52-38-24-34(30(3)4)23-36(27-38)51-45(47(9,10)11)44(31(5)49-51)32-15-13-12-14-16-32;/h12-26,29-30H,1-11H3;/q-2;+2. The second kappa shape index (κ2) is 14.4. The van der Waals surface area contributed by atoms with Gasteiger partial charge in [-0.05, 0) is 70.1 Å². The van der Waals surface area contributed by atoms with E-state index in [1.807, 2.05) is 12.3 Å². The minimum Gasteiger partial charge on any atom is -0.509 e. The topological polar surface area (TPSA) is 44.9 Å². The van der Waals surface area contributed by atoms with E-state index in [0.29, 0.717) is 17.4 Å². The molecule has 0 fully saturated rings. The molecule has 7 aromatic rings. The molecule has 0 radical (unpaired) electrons. The number of rotatable bonds is 7. The quantitative estimate of drug-likeness (QED) is 0.150. The molecule has 0 saturated carbocycles. The van der Waals surface area contributed by atoms with Crippen molar-refractivity contribution in [3.05, 3.63) is 131 Å².